The predicted molar refractivity (Wildman–Crippen MR) is 98.0 cm³/mol. The highest BCUT2D eigenvalue weighted by Gasteiger charge is 2.08. The van der Waals surface area contributed by atoms with Gasteiger partial charge in [0, 0.05) is 30.7 Å². The molecule has 6 heteroatoms. The number of carbonyl (C=O) groups excluding carboxylic acids is 1. The average Bonchev–Trinajstić information content (AvgIpc) is 3.09. The van der Waals surface area contributed by atoms with Crippen molar-refractivity contribution in [3.05, 3.63) is 71.8 Å². The van der Waals surface area contributed by atoms with Gasteiger partial charge in [0.2, 0.25) is 0 Å². The minimum atomic E-state index is -0.311. The Morgan fingerprint density at radius 1 is 1.28 bits per heavy atom. The smallest absolute Gasteiger partial charge is 0.126 e. The molecule has 25 heavy (non-hydrogen) atoms. The molecule has 0 radical (unpaired) electrons. The second kappa shape index (κ2) is 9.30. The molecular formula is C19H16FN3OS. The average molecular weight is 353 g/mol. The standard InChI is InChI=1S/C11H9N3S.C8H7FO/c1-13-11-9(7-12)6-10(15-11)8-2-4-14-5-3-8;9-8-4-2-1-3-7(8)5-6-10/h2-6,13H,1H3;1-4,6H,5H2. The van der Waals surface area contributed by atoms with Crippen LogP contribution in [0.3, 0.4) is 0 Å². The Bertz CT molecular complexity index is 872. The van der Waals surface area contributed by atoms with Gasteiger partial charge in [0.05, 0.1) is 5.56 Å². The number of aldehydes is 1. The Balaban J connectivity index is 0.000000196. The SMILES string of the molecule is CNc1sc(-c2ccncc2)cc1C#N.O=CCc1ccccc1F. The molecule has 0 bridgehead atoms. The lowest BCUT2D eigenvalue weighted by atomic mass is 10.2. The van der Waals surface area contributed by atoms with Crippen LogP contribution < -0.4 is 5.32 Å². The molecule has 0 amide bonds. The molecule has 0 aliphatic carbocycles. The molecule has 0 saturated carbocycles. The number of hydrogen-bond acceptors (Lipinski definition) is 5. The first-order valence-electron chi connectivity index (χ1n) is 7.48. The predicted octanol–water partition coefficient (Wildman–Crippen LogP) is 4.29. The molecule has 0 unspecified atom stereocenters. The first-order chi connectivity index (χ1) is 12.2. The van der Waals surface area contributed by atoms with Crippen LogP contribution in [0.2, 0.25) is 0 Å². The Kier molecular flexibility index (Phi) is 6.81. The number of benzene rings is 1. The molecule has 0 aliphatic heterocycles. The van der Waals surface area contributed by atoms with Crippen molar-refractivity contribution < 1.29 is 9.18 Å². The Hall–Kier alpha value is -3.04. The number of halogens is 1. The maximum Gasteiger partial charge on any atom is 0.126 e. The summed E-state index contributed by atoms with van der Waals surface area (Å²) < 4.78 is 12.6. The van der Waals surface area contributed by atoms with E-state index >= 15 is 0 Å². The third kappa shape index (κ3) is 4.96. The van der Waals surface area contributed by atoms with Gasteiger partial charge in [-0.15, -0.1) is 11.3 Å². The van der Waals surface area contributed by atoms with E-state index in [-0.39, 0.29) is 12.2 Å². The van der Waals surface area contributed by atoms with Crippen molar-refractivity contribution in [3.8, 4) is 16.5 Å². The van der Waals surface area contributed by atoms with Gasteiger partial charge in [-0.25, -0.2) is 4.39 Å². The van der Waals surface area contributed by atoms with Gasteiger partial charge in [0.1, 0.15) is 23.2 Å². The molecule has 1 N–H and O–H groups in total. The number of nitrogens with one attached hydrogen (secondary N) is 1. The number of nitriles is 1. The van der Waals surface area contributed by atoms with E-state index in [1.807, 2.05) is 25.2 Å². The molecule has 0 atom stereocenters. The van der Waals surface area contributed by atoms with Gasteiger partial charge < -0.3 is 10.1 Å². The summed E-state index contributed by atoms with van der Waals surface area (Å²) >= 11 is 1.58. The number of nitrogens with zero attached hydrogens (tertiary/aromatic N) is 2. The minimum Gasteiger partial charge on any atom is -0.379 e. The number of rotatable bonds is 4. The summed E-state index contributed by atoms with van der Waals surface area (Å²) in [6, 6.07) is 14.2. The molecule has 2 heterocycles. The first kappa shape index (κ1) is 18.3. The van der Waals surface area contributed by atoms with Crippen molar-refractivity contribution in [2.45, 2.75) is 6.42 Å². The van der Waals surface area contributed by atoms with E-state index in [9.17, 15) is 9.18 Å². The number of pyridine rings is 1. The molecule has 4 nitrogen and oxygen atoms in total. The maximum absolute atomic E-state index is 12.6. The lowest BCUT2D eigenvalue weighted by Crippen LogP contribution is -1.89. The molecule has 126 valence electrons. The van der Waals surface area contributed by atoms with E-state index in [1.165, 1.54) is 6.07 Å². The molecule has 1 aromatic carbocycles. The van der Waals surface area contributed by atoms with Crippen LogP contribution >= 0.6 is 11.3 Å². The number of anilines is 1. The highest BCUT2D eigenvalue weighted by molar-refractivity contribution is 7.19. The number of aromatic nitrogens is 1. The number of carbonyl (C=O) groups is 1. The minimum absolute atomic E-state index is 0.159. The highest BCUT2D eigenvalue weighted by atomic mass is 32.1. The van der Waals surface area contributed by atoms with Crippen LogP contribution in [0.1, 0.15) is 11.1 Å². The molecule has 2 aromatic heterocycles. The molecule has 3 aromatic rings. The summed E-state index contributed by atoms with van der Waals surface area (Å²) in [5, 5.41) is 12.8. The fraction of sp³-hybridized carbons (Fsp3) is 0.105. The molecule has 0 fully saturated rings. The first-order valence-corrected chi connectivity index (χ1v) is 8.30. The Labute approximate surface area is 149 Å². The molecule has 0 spiro atoms. The van der Waals surface area contributed by atoms with Gasteiger partial charge in [0.15, 0.2) is 0 Å². The summed E-state index contributed by atoms with van der Waals surface area (Å²) in [5.41, 5.74) is 2.24. The van der Waals surface area contributed by atoms with Crippen LogP contribution in [0.25, 0.3) is 10.4 Å². The maximum atomic E-state index is 12.6. The second-order valence-corrected chi connectivity index (χ2v) is 5.97. The largest absolute Gasteiger partial charge is 0.379 e. The molecular weight excluding hydrogens is 337 g/mol. The van der Waals surface area contributed by atoms with Crippen molar-refractivity contribution in [1.29, 1.82) is 5.26 Å². The fourth-order valence-electron chi connectivity index (χ4n) is 2.07. The van der Waals surface area contributed by atoms with Crippen molar-refractivity contribution >= 4 is 22.6 Å². The van der Waals surface area contributed by atoms with Gasteiger partial charge >= 0.3 is 0 Å². The van der Waals surface area contributed by atoms with Crippen LogP contribution in [0, 0.1) is 17.1 Å². The third-order valence-corrected chi connectivity index (χ3v) is 4.51. The van der Waals surface area contributed by atoms with Crippen LogP contribution in [0.15, 0.2) is 54.9 Å². The van der Waals surface area contributed by atoms with Crippen molar-refractivity contribution in [2.75, 3.05) is 12.4 Å². The Morgan fingerprint density at radius 2 is 2.00 bits per heavy atom. The zero-order valence-electron chi connectivity index (χ0n) is 13.6. The van der Waals surface area contributed by atoms with Crippen LogP contribution in [-0.4, -0.2) is 18.3 Å². The molecule has 0 saturated heterocycles. The normalized spacial score (nSPS) is 9.48. The van der Waals surface area contributed by atoms with Gasteiger partial charge in [-0.2, -0.15) is 5.26 Å². The van der Waals surface area contributed by atoms with Gasteiger partial charge in [0.25, 0.3) is 0 Å². The van der Waals surface area contributed by atoms with Crippen molar-refractivity contribution in [1.82, 2.24) is 4.98 Å². The third-order valence-electron chi connectivity index (χ3n) is 3.31. The summed E-state index contributed by atoms with van der Waals surface area (Å²) in [5.74, 6) is -0.311. The lowest BCUT2D eigenvalue weighted by Gasteiger charge is -1.94. The van der Waals surface area contributed by atoms with Crippen molar-refractivity contribution in [3.63, 3.8) is 0 Å². The number of thiophene rings is 1. The summed E-state index contributed by atoms with van der Waals surface area (Å²) in [6.07, 6.45) is 4.35. The number of hydrogen-bond donors (Lipinski definition) is 1. The fourth-order valence-corrected chi connectivity index (χ4v) is 3.04. The van der Waals surface area contributed by atoms with E-state index in [2.05, 4.69) is 16.4 Å². The van der Waals surface area contributed by atoms with Crippen LogP contribution in [-0.2, 0) is 11.2 Å². The lowest BCUT2D eigenvalue weighted by molar-refractivity contribution is -0.107. The van der Waals surface area contributed by atoms with E-state index in [0.717, 1.165) is 15.4 Å². The topological polar surface area (TPSA) is 65.8 Å². The quantitative estimate of drug-likeness (QED) is 0.711. The van der Waals surface area contributed by atoms with Gasteiger partial charge in [-0.1, -0.05) is 18.2 Å². The summed E-state index contributed by atoms with van der Waals surface area (Å²) in [4.78, 5) is 15.0. The van der Waals surface area contributed by atoms with Crippen LogP contribution in [0.4, 0.5) is 9.39 Å². The zero-order valence-corrected chi connectivity index (χ0v) is 14.4. The highest BCUT2D eigenvalue weighted by Crippen LogP contribution is 2.34. The summed E-state index contributed by atoms with van der Waals surface area (Å²) in [6.45, 7) is 0. The summed E-state index contributed by atoms with van der Waals surface area (Å²) in [7, 11) is 1.82. The molecule has 3 rings (SSSR count). The molecule has 0 aliphatic rings. The van der Waals surface area contributed by atoms with Gasteiger partial charge in [-0.3, -0.25) is 4.98 Å². The Morgan fingerprint density at radius 3 is 2.56 bits per heavy atom. The van der Waals surface area contributed by atoms with Gasteiger partial charge in [-0.05, 0) is 35.4 Å². The second-order valence-electron chi connectivity index (χ2n) is 4.91. The van der Waals surface area contributed by atoms with E-state index < -0.39 is 0 Å². The van der Waals surface area contributed by atoms with Crippen LogP contribution in [0.5, 0.6) is 0 Å². The van der Waals surface area contributed by atoms with Crippen molar-refractivity contribution in [2.24, 2.45) is 0 Å². The monoisotopic (exact) mass is 353 g/mol. The van der Waals surface area contributed by atoms with E-state index in [4.69, 9.17) is 5.26 Å². The zero-order chi connectivity index (χ0) is 18.1. The van der Waals surface area contributed by atoms with E-state index in [0.29, 0.717) is 17.4 Å². The van der Waals surface area contributed by atoms with E-state index in [1.54, 1.807) is 41.9 Å².